The Morgan fingerprint density at radius 2 is 2.20 bits per heavy atom. The van der Waals surface area contributed by atoms with E-state index in [4.69, 9.17) is 5.73 Å². The van der Waals surface area contributed by atoms with Crippen LogP contribution in [0.25, 0.3) is 0 Å². The lowest BCUT2D eigenvalue weighted by molar-refractivity contribution is -0.119. The van der Waals surface area contributed by atoms with E-state index in [1.165, 1.54) is 0 Å². The summed E-state index contributed by atoms with van der Waals surface area (Å²) in [7, 11) is 0. The van der Waals surface area contributed by atoms with Crippen molar-refractivity contribution in [2.45, 2.75) is 19.8 Å². The summed E-state index contributed by atoms with van der Waals surface area (Å²) in [5.41, 5.74) is 6.31. The zero-order valence-corrected chi connectivity index (χ0v) is 8.94. The Labute approximate surface area is 89.9 Å². The number of carbonyl (C=O) groups excluding carboxylic acids is 1. The number of nitrogens with zero attached hydrogens (tertiary/aromatic N) is 1. The van der Waals surface area contributed by atoms with Gasteiger partial charge in [-0.15, -0.1) is 0 Å². The van der Waals surface area contributed by atoms with Gasteiger partial charge in [0.05, 0.1) is 5.92 Å². The van der Waals surface area contributed by atoms with Crippen LogP contribution in [0.15, 0.2) is 24.5 Å². The molecule has 0 fully saturated rings. The molecule has 4 nitrogen and oxygen atoms in total. The molecule has 1 heterocycles. The SMILES string of the molecule is CCCC(CN)C(=O)Nc1ccncc1. The third-order valence-electron chi connectivity index (χ3n) is 2.24. The van der Waals surface area contributed by atoms with Crippen LogP contribution >= 0.6 is 0 Å². The first-order valence-corrected chi connectivity index (χ1v) is 5.19. The molecule has 1 rings (SSSR count). The number of hydrogen-bond donors (Lipinski definition) is 2. The summed E-state index contributed by atoms with van der Waals surface area (Å²) in [6.07, 6.45) is 5.08. The molecule has 15 heavy (non-hydrogen) atoms. The number of rotatable bonds is 5. The summed E-state index contributed by atoms with van der Waals surface area (Å²) in [6.45, 7) is 2.44. The molecular formula is C11H17N3O. The summed E-state index contributed by atoms with van der Waals surface area (Å²) in [5.74, 6) is -0.103. The average Bonchev–Trinajstić information content (AvgIpc) is 2.27. The van der Waals surface area contributed by atoms with Crippen molar-refractivity contribution in [1.29, 1.82) is 0 Å². The maximum atomic E-state index is 11.7. The van der Waals surface area contributed by atoms with Gasteiger partial charge in [0.2, 0.25) is 5.91 Å². The number of anilines is 1. The molecule has 0 aromatic carbocycles. The predicted molar refractivity (Wildman–Crippen MR) is 60.3 cm³/mol. The zero-order chi connectivity index (χ0) is 11.1. The van der Waals surface area contributed by atoms with Gasteiger partial charge in [-0.1, -0.05) is 13.3 Å². The Balaban J connectivity index is 2.54. The van der Waals surface area contributed by atoms with Gasteiger partial charge in [-0.05, 0) is 18.6 Å². The summed E-state index contributed by atoms with van der Waals surface area (Å²) < 4.78 is 0. The van der Waals surface area contributed by atoms with Crippen LogP contribution in [0.3, 0.4) is 0 Å². The number of pyridine rings is 1. The van der Waals surface area contributed by atoms with Crippen LogP contribution in [0.2, 0.25) is 0 Å². The molecule has 0 saturated heterocycles. The van der Waals surface area contributed by atoms with E-state index in [-0.39, 0.29) is 11.8 Å². The molecule has 1 aromatic rings. The largest absolute Gasteiger partial charge is 0.330 e. The second kappa shape index (κ2) is 6.14. The van der Waals surface area contributed by atoms with Crippen molar-refractivity contribution in [1.82, 2.24) is 4.98 Å². The molecule has 4 heteroatoms. The quantitative estimate of drug-likeness (QED) is 0.766. The molecule has 0 aliphatic rings. The fourth-order valence-corrected chi connectivity index (χ4v) is 1.38. The summed E-state index contributed by atoms with van der Waals surface area (Å²) >= 11 is 0. The van der Waals surface area contributed by atoms with Crippen LogP contribution < -0.4 is 11.1 Å². The highest BCUT2D eigenvalue weighted by molar-refractivity contribution is 5.92. The first-order chi connectivity index (χ1) is 7.27. The number of carbonyl (C=O) groups is 1. The van der Waals surface area contributed by atoms with E-state index in [9.17, 15) is 4.79 Å². The highest BCUT2D eigenvalue weighted by Gasteiger charge is 2.15. The monoisotopic (exact) mass is 207 g/mol. The van der Waals surface area contributed by atoms with E-state index < -0.39 is 0 Å². The molecule has 0 spiro atoms. The lowest BCUT2D eigenvalue weighted by Crippen LogP contribution is -2.29. The smallest absolute Gasteiger partial charge is 0.228 e. The summed E-state index contributed by atoms with van der Waals surface area (Å²) in [5, 5.41) is 2.82. The van der Waals surface area contributed by atoms with E-state index in [0.29, 0.717) is 6.54 Å². The normalized spacial score (nSPS) is 12.1. The van der Waals surface area contributed by atoms with E-state index in [1.807, 2.05) is 6.92 Å². The summed E-state index contributed by atoms with van der Waals surface area (Å²) in [4.78, 5) is 15.6. The van der Waals surface area contributed by atoms with Crippen LogP contribution in [0.1, 0.15) is 19.8 Å². The fourth-order valence-electron chi connectivity index (χ4n) is 1.38. The molecule has 0 saturated carbocycles. The van der Waals surface area contributed by atoms with Crippen LogP contribution in [-0.4, -0.2) is 17.4 Å². The van der Waals surface area contributed by atoms with Gasteiger partial charge in [0.1, 0.15) is 0 Å². The molecular weight excluding hydrogens is 190 g/mol. The van der Waals surface area contributed by atoms with Gasteiger partial charge >= 0.3 is 0 Å². The second-order valence-corrected chi connectivity index (χ2v) is 3.45. The predicted octanol–water partition coefficient (Wildman–Crippen LogP) is 1.40. The molecule has 0 aliphatic heterocycles. The topological polar surface area (TPSA) is 68.0 Å². The van der Waals surface area contributed by atoms with Gasteiger partial charge in [-0.2, -0.15) is 0 Å². The molecule has 0 aliphatic carbocycles. The lowest BCUT2D eigenvalue weighted by atomic mass is 10.0. The molecule has 0 radical (unpaired) electrons. The standard InChI is InChI=1S/C11H17N3O/c1-2-3-9(8-12)11(15)14-10-4-6-13-7-5-10/h4-7,9H,2-3,8,12H2,1H3,(H,13,14,15). The van der Waals surface area contributed by atoms with Crippen molar-refractivity contribution >= 4 is 11.6 Å². The molecule has 1 aromatic heterocycles. The van der Waals surface area contributed by atoms with Crippen molar-refractivity contribution in [2.75, 3.05) is 11.9 Å². The van der Waals surface area contributed by atoms with Gasteiger partial charge in [0.25, 0.3) is 0 Å². The first kappa shape index (κ1) is 11.7. The molecule has 1 atom stereocenters. The second-order valence-electron chi connectivity index (χ2n) is 3.45. The number of aromatic nitrogens is 1. The lowest BCUT2D eigenvalue weighted by Gasteiger charge is -2.13. The Morgan fingerprint density at radius 1 is 1.53 bits per heavy atom. The van der Waals surface area contributed by atoms with Crippen molar-refractivity contribution in [2.24, 2.45) is 11.7 Å². The Kier molecular flexibility index (Phi) is 4.77. The Bertz CT molecular complexity index is 300. The van der Waals surface area contributed by atoms with Gasteiger partial charge in [0.15, 0.2) is 0 Å². The van der Waals surface area contributed by atoms with Gasteiger partial charge in [-0.25, -0.2) is 0 Å². The first-order valence-electron chi connectivity index (χ1n) is 5.19. The highest BCUT2D eigenvalue weighted by atomic mass is 16.1. The number of nitrogens with one attached hydrogen (secondary N) is 1. The van der Waals surface area contributed by atoms with Crippen LogP contribution in [0.5, 0.6) is 0 Å². The van der Waals surface area contributed by atoms with Crippen LogP contribution in [-0.2, 0) is 4.79 Å². The van der Waals surface area contributed by atoms with Crippen LogP contribution in [0, 0.1) is 5.92 Å². The molecule has 1 amide bonds. The third kappa shape index (κ3) is 3.67. The average molecular weight is 207 g/mol. The van der Waals surface area contributed by atoms with Crippen molar-refractivity contribution in [3.63, 3.8) is 0 Å². The molecule has 3 N–H and O–H groups in total. The van der Waals surface area contributed by atoms with E-state index in [0.717, 1.165) is 18.5 Å². The number of amides is 1. The van der Waals surface area contributed by atoms with E-state index in [2.05, 4.69) is 10.3 Å². The zero-order valence-electron chi connectivity index (χ0n) is 8.94. The fraction of sp³-hybridized carbons (Fsp3) is 0.455. The van der Waals surface area contributed by atoms with E-state index in [1.54, 1.807) is 24.5 Å². The van der Waals surface area contributed by atoms with E-state index >= 15 is 0 Å². The molecule has 1 unspecified atom stereocenters. The van der Waals surface area contributed by atoms with Crippen molar-refractivity contribution in [3.8, 4) is 0 Å². The highest BCUT2D eigenvalue weighted by Crippen LogP contribution is 2.10. The Hall–Kier alpha value is -1.42. The van der Waals surface area contributed by atoms with Crippen LogP contribution in [0.4, 0.5) is 5.69 Å². The minimum Gasteiger partial charge on any atom is -0.330 e. The minimum absolute atomic E-state index is 0.00875. The third-order valence-corrected chi connectivity index (χ3v) is 2.24. The maximum absolute atomic E-state index is 11.7. The van der Waals surface area contributed by atoms with Crippen molar-refractivity contribution in [3.05, 3.63) is 24.5 Å². The Morgan fingerprint density at radius 3 is 2.73 bits per heavy atom. The van der Waals surface area contributed by atoms with Gasteiger partial charge in [-0.3, -0.25) is 9.78 Å². The maximum Gasteiger partial charge on any atom is 0.228 e. The van der Waals surface area contributed by atoms with Crippen molar-refractivity contribution < 1.29 is 4.79 Å². The van der Waals surface area contributed by atoms with Gasteiger partial charge < -0.3 is 11.1 Å². The number of nitrogens with two attached hydrogens (primary N) is 1. The summed E-state index contributed by atoms with van der Waals surface area (Å²) in [6, 6.07) is 3.52. The molecule has 0 bridgehead atoms. The minimum atomic E-state index is -0.0943. The number of hydrogen-bond acceptors (Lipinski definition) is 3. The molecule has 82 valence electrons. The van der Waals surface area contributed by atoms with Gasteiger partial charge in [0, 0.05) is 24.6 Å².